The van der Waals surface area contributed by atoms with E-state index >= 15 is 0 Å². The molecule has 1 N–H and O–H groups in total. The predicted molar refractivity (Wildman–Crippen MR) is 117 cm³/mol. The molecule has 0 saturated heterocycles. The van der Waals surface area contributed by atoms with Crippen molar-refractivity contribution in [2.45, 2.75) is 6.61 Å². The van der Waals surface area contributed by atoms with Crippen molar-refractivity contribution >= 4 is 23.7 Å². The molecule has 0 spiro atoms. The molecule has 30 heavy (non-hydrogen) atoms. The Labute approximate surface area is 180 Å². The first-order valence-electron chi connectivity index (χ1n) is 9.11. The molecule has 6 nitrogen and oxygen atoms in total. The van der Waals surface area contributed by atoms with Crippen molar-refractivity contribution in [1.29, 1.82) is 0 Å². The van der Waals surface area contributed by atoms with E-state index in [1.165, 1.54) is 14.2 Å². The van der Waals surface area contributed by atoms with Crippen LogP contribution >= 0.6 is 11.6 Å². The van der Waals surface area contributed by atoms with Crippen LogP contribution < -0.4 is 19.6 Å². The number of hydrazone groups is 1. The molecule has 154 valence electrons. The molecular weight excluding hydrogens is 404 g/mol. The summed E-state index contributed by atoms with van der Waals surface area (Å²) < 4.78 is 16.1. The number of halogens is 1. The Balaban J connectivity index is 1.55. The van der Waals surface area contributed by atoms with Gasteiger partial charge in [0.2, 0.25) is 0 Å². The van der Waals surface area contributed by atoms with E-state index in [1.54, 1.807) is 24.4 Å². The average Bonchev–Trinajstić information content (AvgIpc) is 2.79. The van der Waals surface area contributed by atoms with Gasteiger partial charge in [-0.1, -0.05) is 23.7 Å². The normalized spacial score (nSPS) is 10.6. The molecule has 0 atom stereocenters. The van der Waals surface area contributed by atoms with E-state index in [0.29, 0.717) is 28.7 Å². The number of carbonyl (C=O) groups is 1. The Kier molecular flexibility index (Phi) is 7.29. The summed E-state index contributed by atoms with van der Waals surface area (Å²) in [7, 11) is 3.05. The maximum Gasteiger partial charge on any atom is 0.271 e. The Bertz CT molecular complexity index is 996. The van der Waals surface area contributed by atoms with Gasteiger partial charge in [-0.05, 0) is 59.7 Å². The number of rotatable bonds is 8. The van der Waals surface area contributed by atoms with E-state index in [0.717, 1.165) is 16.9 Å². The van der Waals surface area contributed by atoms with Gasteiger partial charge in [0.05, 0.1) is 20.4 Å². The van der Waals surface area contributed by atoms with E-state index in [-0.39, 0.29) is 5.91 Å². The van der Waals surface area contributed by atoms with E-state index in [2.05, 4.69) is 10.5 Å². The predicted octanol–water partition coefficient (Wildman–Crippen LogP) is 4.70. The Morgan fingerprint density at radius 3 is 2.17 bits per heavy atom. The Morgan fingerprint density at radius 1 is 0.933 bits per heavy atom. The van der Waals surface area contributed by atoms with Gasteiger partial charge in [0.15, 0.2) is 0 Å². The minimum absolute atomic E-state index is 0.369. The largest absolute Gasteiger partial charge is 0.497 e. The quantitative estimate of drug-likeness (QED) is 0.420. The first kappa shape index (κ1) is 21.2. The van der Waals surface area contributed by atoms with Gasteiger partial charge in [-0.3, -0.25) is 4.79 Å². The van der Waals surface area contributed by atoms with Crippen LogP contribution in [0.15, 0.2) is 71.8 Å². The third-order valence-corrected chi connectivity index (χ3v) is 4.44. The Hall–Kier alpha value is -3.51. The van der Waals surface area contributed by atoms with Crippen LogP contribution in [-0.4, -0.2) is 26.3 Å². The molecule has 0 unspecified atom stereocenters. The lowest BCUT2D eigenvalue weighted by Gasteiger charge is -2.07. The lowest BCUT2D eigenvalue weighted by Crippen LogP contribution is -2.17. The summed E-state index contributed by atoms with van der Waals surface area (Å²) in [6.45, 7) is 0.449. The highest BCUT2D eigenvalue weighted by Crippen LogP contribution is 2.22. The molecule has 0 bridgehead atoms. The van der Waals surface area contributed by atoms with Crippen molar-refractivity contribution < 1.29 is 19.0 Å². The maximum absolute atomic E-state index is 12.3. The summed E-state index contributed by atoms with van der Waals surface area (Å²) in [4.78, 5) is 12.3. The second-order valence-corrected chi connectivity index (χ2v) is 6.72. The van der Waals surface area contributed by atoms with Crippen molar-refractivity contribution in [3.05, 3.63) is 88.4 Å². The zero-order valence-electron chi connectivity index (χ0n) is 16.6. The summed E-state index contributed by atoms with van der Waals surface area (Å²) >= 11 is 5.88. The maximum atomic E-state index is 12.3. The third-order valence-electron chi connectivity index (χ3n) is 4.19. The molecule has 0 heterocycles. The van der Waals surface area contributed by atoms with Gasteiger partial charge < -0.3 is 14.2 Å². The zero-order chi connectivity index (χ0) is 21.3. The van der Waals surface area contributed by atoms with Gasteiger partial charge in [-0.15, -0.1) is 0 Å². The second-order valence-electron chi connectivity index (χ2n) is 6.28. The van der Waals surface area contributed by atoms with Crippen molar-refractivity contribution in [2.24, 2.45) is 5.10 Å². The summed E-state index contributed by atoms with van der Waals surface area (Å²) in [5, 5.41) is 4.70. The van der Waals surface area contributed by atoms with Crippen LogP contribution in [0.1, 0.15) is 21.5 Å². The molecule has 0 fully saturated rings. The van der Waals surface area contributed by atoms with Crippen LogP contribution in [0, 0.1) is 0 Å². The van der Waals surface area contributed by atoms with Gasteiger partial charge in [-0.25, -0.2) is 5.43 Å². The molecule has 3 aromatic rings. The molecule has 0 saturated carbocycles. The Morgan fingerprint density at radius 2 is 1.57 bits per heavy atom. The second kappa shape index (κ2) is 10.3. The number of amides is 1. The van der Waals surface area contributed by atoms with Gasteiger partial charge >= 0.3 is 0 Å². The van der Waals surface area contributed by atoms with Crippen LogP contribution in [0.3, 0.4) is 0 Å². The molecule has 0 aromatic heterocycles. The van der Waals surface area contributed by atoms with Gasteiger partial charge in [0.25, 0.3) is 5.91 Å². The van der Waals surface area contributed by atoms with E-state index < -0.39 is 0 Å². The van der Waals surface area contributed by atoms with Gasteiger partial charge in [0, 0.05) is 16.7 Å². The van der Waals surface area contributed by atoms with E-state index in [4.69, 9.17) is 25.8 Å². The number of nitrogens with one attached hydrogen (secondary N) is 1. The number of methoxy groups -OCH3 is 2. The number of nitrogens with zero attached hydrogens (tertiary/aromatic N) is 1. The van der Waals surface area contributed by atoms with Crippen molar-refractivity contribution in [1.82, 2.24) is 5.43 Å². The first-order chi connectivity index (χ1) is 14.6. The third kappa shape index (κ3) is 5.99. The van der Waals surface area contributed by atoms with Crippen LogP contribution in [0.25, 0.3) is 0 Å². The van der Waals surface area contributed by atoms with Crippen LogP contribution in [0.2, 0.25) is 5.02 Å². The zero-order valence-corrected chi connectivity index (χ0v) is 17.3. The number of benzene rings is 3. The fourth-order valence-electron chi connectivity index (χ4n) is 2.57. The topological polar surface area (TPSA) is 69.2 Å². The van der Waals surface area contributed by atoms with E-state index in [1.807, 2.05) is 48.5 Å². The molecule has 3 rings (SSSR count). The van der Waals surface area contributed by atoms with Crippen molar-refractivity contribution in [3.8, 4) is 17.2 Å². The fraction of sp³-hybridized carbons (Fsp3) is 0.130. The average molecular weight is 425 g/mol. The highest BCUT2D eigenvalue weighted by atomic mass is 35.5. The summed E-state index contributed by atoms with van der Waals surface area (Å²) in [6.07, 6.45) is 1.55. The number of hydrogen-bond donors (Lipinski definition) is 1. The SMILES string of the molecule is COc1cc(OC)cc(C(=O)N/N=C/c2ccc(OCc3ccc(Cl)cc3)cc2)c1. The molecule has 3 aromatic carbocycles. The molecule has 7 heteroatoms. The summed E-state index contributed by atoms with van der Waals surface area (Å²) in [5.41, 5.74) is 4.72. The summed E-state index contributed by atoms with van der Waals surface area (Å²) in [5.74, 6) is 1.41. The van der Waals surface area contributed by atoms with Crippen molar-refractivity contribution in [3.63, 3.8) is 0 Å². The van der Waals surface area contributed by atoms with Gasteiger partial charge in [0.1, 0.15) is 23.9 Å². The van der Waals surface area contributed by atoms with Crippen LogP contribution in [0.4, 0.5) is 0 Å². The smallest absolute Gasteiger partial charge is 0.271 e. The lowest BCUT2D eigenvalue weighted by molar-refractivity contribution is 0.0954. The molecule has 1 amide bonds. The minimum Gasteiger partial charge on any atom is -0.497 e. The lowest BCUT2D eigenvalue weighted by atomic mass is 10.2. The first-order valence-corrected chi connectivity index (χ1v) is 9.49. The molecule has 0 aliphatic heterocycles. The minimum atomic E-state index is -0.369. The van der Waals surface area contributed by atoms with Crippen molar-refractivity contribution in [2.75, 3.05) is 14.2 Å². The monoisotopic (exact) mass is 424 g/mol. The van der Waals surface area contributed by atoms with Crippen LogP contribution in [0.5, 0.6) is 17.2 Å². The molecular formula is C23H21ClN2O4. The van der Waals surface area contributed by atoms with Crippen LogP contribution in [-0.2, 0) is 6.61 Å². The highest BCUT2D eigenvalue weighted by molar-refractivity contribution is 6.30. The molecule has 0 radical (unpaired) electrons. The van der Waals surface area contributed by atoms with Gasteiger partial charge in [-0.2, -0.15) is 5.10 Å². The highest BCUT2D eigenvalue weighted by Gasteiger charge is 2.09. The molecule has 0 aliphatic rings. The number of carbonyl (C=O) groups excluding carboxylic acids is 1. The standard InChI is InChI=1S/C23H21ClN2O4/c1-28-21-11-18(12-22(13-21)29-2)23(27)26-25-14-16-5-9-20(10-6-16)30-15-17-3-7-19(24)8-4-17/h3-14H,15H2,1-2H3,(H,26,27)/b25-14+. The summed E-state index contributed by atoms with van der Waals surface area (Å²) in [6, 6.07) is 19.8. The van der Waals surface area contributed by atoms with E-state index in [9.17, 15) is 4.79 Å². The number of ether oxygens (including phenoxy) is 3. The number of hydrogen-bond acceptors (Lipinski definition) is 5. The molecule has 0 aliphatic carbocycles. The fourth-order valence-corrected chi connectivity index (χ4v) is 2.69.